The molecule has 3 heteroatoms. The minimum atomic E-state index is -0.0457. The lowest BCUT2D eigenvalue weighted by Gasteiger charge is -2.03. The van der Waals surface area contributed by atoms with E-state index in [4.69, 9.17) is 4.74 Å². The number of ether oxygens (including phenoxy) is 1. The van der Waals surface area contributed by atoms with Crippen LogP contribution < -0.4 is 0 Å². The van der Waals surface area contributed by atoms with E-state index in [0.717, 1.165) is 12.8 Å². The van der Waals surface area contributed by atoms with Crippen molar-refractivity contribution in [3.05, 3.63) is 0 Å². The van der Waals surface area contributed by atoms with Crippen molar-refractivity contribution in [1.29, 1.82) is 0 Å². The van der Waals surface area contributed by atoms with E-state index in [1.54, 1.807) is 0 Å². The minimum absolute atomic E-state index is 0.0457. The highest BCUT2D eigenvalue weighted by Gasteiger charge is 2.00. The third-order valence-electron chi connectivity index (χ3n) is 2.54. The summed E-state index contributed by atoms with van der Waals surface area (Å²) >= 11 is 3.55. The van der Waals surface area contributed by atoms with Crippen LogP contribution in [0.5, 0.6) is 0 Å². The summed E-state index contributed by atoms with van der Waals surface area (Å²) < 4.78 is 4.87. The number of esters is 1. The number of rotatable bonds is 10. The molecule has 0 aromatic carbocycles. The Balaban J connectivity index is 3.07. The second-order valence-electron chi connectivity index (χ2n) is 4.25. The van der Waals surface area contributed by atoms with Gasteiger partial charge in [0.15, 0.2) is 0 Å². The molecular formula is C13H25BrO2. The molecule has 0 amide bonds. The summed E-state index contributed by atoms with van der Waals surface area (Å²) in [4.78, 5) is 11.7. The van der Waals surface area contributed by atoms with Crippen LogP contribution in [0.2, 0.25) is 0 Å². The Hall–Kier alpha value is -0.0500. The quantitative estimate of drug-likeness (QED) is 0.338. The molecule has 16 heavy (non-hydrogen) atoms. The van der Waals surface area contributed by atoms with Gasteiger partial charge < -0.3 is 4.74 Å². The monoisotopic (exact) mass is 292 g/mol. The first-order valence-electron chi connectivity index (χ1n) is 6.46. The van der Waals surface area contributed by atoms with Crippen molar-refractivity contribution in [2.45, 2.75) is 70.0 Å². The number of hydrogen-bond donors (Lipinski definition) is 0. The van der Waals surface area contributed by atoms with E-state index in [2.05, 4.69) is 22.9 Å². The maximum absolute atomic E-state index is 11.0. The molecule has 0 aromatic heterocycles. The molecule has 0 saturated heterocycles. The van der Waals surface area contributed by atoms with E-state index < -0.39 is 0 Å². The molecule has 0 radical (unpaired) electrons. The Labute approximate surface area is 108 Å². The third-order valence-corrected chi connectivity index (χ3v) is 3.00. The lowest BCUT2D eigenvalue weighted by Crippen LogP contribution is -2.03. The topological polar surface area (TPSA) is 26.3 Å². The lowest BCUT2D eigenvalue weighted by atomic mass is 10.1. The van der Waals surface area contributed by atoms with E-state index >= 15 is 0 Å². The highest BCUT2D eigenvalue weighted by molar-refractivity contribution is 9.09. The number of carbonyl (C=O) groups is 1. The molecule has 0 N–H and O–H groups in total. The van der Waals surface area contributed by atoms with Gasteiger partial charge in [0.1, 0.15) is 0 Å². The van der Waals surface area contributed by atoms with Crippen LogP contribution in [0.25, 0.3) is 0 Å². The number of carbonyl (C=O) groups excluding carboxylic acids is 1. The smallest absolute Gasteiger partial charge is 0.305 e. The predicted molar refractivity (Wildman–Crippen MR) is 72.0 cm³/mol. The van der Waals surface area contributed by atoms with E-state index in [1.165, 1.54) is 32.1 Å². The summed E-state index contributed by atoms with van der Waals surface area (Å²) in [7, 11) is 0. The van der Waals surface area contributed by atoms with Gasteiger partial charge in [-0.05, 0) is 19.8 Å². The normalized spacial score (nSPS) is 12.4. The summed E-state index contributed by atoms with van der Waals surface area (Å²) in [5, 5.41) is 0. The zero-order valence-electron chi connectivity index (χ0n) is 10.6. The number of unbranched alkanes of at least 4 members (excludes halogenated alkanes) is 5. The molecule has 0 saturated carbocycles. The van der Waals surface area contributed by atoms with Gasteiger partial charge in [-0.1, -0.05) is 55.0 Å². The number of alkyl halides is 1. The zero-order chi connectivity index (χ0) is 12.2. The first-order valence-corrected chi connectivity index (χ1v) is 7.38. The molecule has 1 atom stereocenters. The average molecular weight is 293 g/mol. The van der Waals surface area contributed by atoms with Crippen LogP contribution in [0, 0.1) is 0 Å². The molecule has 2 nitrogen and oxygen atoms in total. The van der Waals surface area contributed by atoms with Crippen molar-refractivity contribution in [2.75, 3.05) is 6.61 Å². The second-order valence-corrected chi connectivity index (χ2v) is 5.81. The summed E-state index contributed by atoms with van der Waals surface area (Å²) in [6, 6.07) is 0. The highest BCUT2D eigenvalue weighted by Crippen LogP contribution is 2.12. The lowest BCUT2D eigenvalue weighted by molar-refractivity contribution is -0.143. The van der Waals surface area contributed by atoms with Crippen molar-refractivity contribution in [2.24, 2.45) is 0 Å². The zero-order valence-corrected chi connectivity index (χ0v) is 12.2. The molecule has 0 aliphatic rings. The summed E-state index contributed by atoms with van der Waals surface area (Å²) in [5.41, 5.74) is 0. The molecule has 1 unspecified atom stereocenters. The molecule has 0 heterocycles. The summed E-state index contributed by atoms with van der Waals surface area (Å²) in [6.07, 6.45) is 9.16. The van der Waals surface area contributed by atoms with Crippen molar-refractivity contribution in [1.82, 2.24) is 0 Å². The minimum Gasteiger partial charge on any atom is -0.466 e. The van der Waals surface area contributed by atoms with Crippen LogP contribution >= 0.6 is 15.9 Å². The molecule has 0 aliphatic heterocycles. The Bertz CT molecular complexity index is 169. The van der Waals surface area contributed by atoms with Crippen LogP contribution in [-0.4, -0.2) is 17.4 Å². The van der Waals surface area contributed by atoms with Crippen molar-refractivity contribution in [3.63, 3.8) is 0 Å². The van der Waals surface area contributed by atoms with Crippen LogP contribution in [0.1, 0.15) is 65.2 Å². The van der Waals surface area contributed by atoms with Crippen LogP contribution in [-0.2, 0) is 9.53 Å². The maximum atomic E-state index is 11.0. The summed E-state index contributed by atoms with van der Waals surface area (Å²) in [6.45, 7) is 4.55. The Kier molecular flexibility index (Phi) is 11.4. The highest BCUT2D eigenvalue weighted by atomic mass is 79.9. The number of hydrogen-bond acceptors (Lipinski definition) is 2. The van der Waals surface area contributed by atoms with E-state index in [0.29, 0.717) is 17.9 Å². The molecule has 0 rings (SSSR count). The van der Waals surface area contributed by atoms with Crippen molar-refractivity contribution < 1.29 is 9.53 Å². The molecule has 0 fully saturated rings. The predicted octanol–water partition coefficient (Wildman–Crippen LogP) is 4.45. The average Bonchev–Trinajstić information content (AvgIpc) is 2.22. The molecule has 0 bridgehead atoms. The molecular weight excluding hydrogens is 268 g/mol. The Morgan fingerprint density at radius 2 is 1.69 bits per heavy atom. The fourth-order valence-corrected chi connectivity index (χ4v) is 1.96. The first kappa shape index (κ1) is 16.0. The Morgan fingerprint density at radius 1 is 1.12 bits per heavy atom. The Morgan fingerprint density at radius 3 is 2.25 bits per heavy atom. The van der Waals surface area contributed by atoms with Gasteiger partial charge in [0.05, 0.1) is 6.61 Å². The van der Waals surface area contributed by atoms with Gasteiger partial charge in [-0.25, -0.2) is 0 Å². The van der Waals surface area contributed by atoms with Crippen molar-refractivity contribution in [3.8, 4) is 0 Å². The van der Waals surface area contributed by atoms with Crippen LogP contribution in [0.4, 0.5) is 0 Å². The molecule has 0 spiro atoms. The molecule has 96 valence electrons. The van der Waals surface area contributed by atoms with Gasteiger partial charge in [-0.2, -0.15) is 0 Å². The van der Waals surface area contributed by atoms with E-state index in [9.17, 15) is 4.79 Å². The van der Waals surface area contributed by atoms with Gasteiger partial charge in [0.2, 0.25) is 0 Å². The second kappa shape index (κ2) is 11.4. The van der Waals surface area contributed by atoms with Crippen LogP contribution in [0.3, 0.4) is 0 Å². The van der Waals surface area contributed by atoms with Gasteiger partial charge in [-0.3, -0.25) is 4.79 Å². The SMILES string of the molecule is CCOC(=O)CCCCCCCCC(C)Br. The van der Waals surface area contributed by atoms with Gasteiger partial charge >= 0.3 is 5.97 Å². The summed E-state index contributed by atoms with van der Waals surface area (Å²) in [5.74, 6) is -0.0457. The van der Waals surface area contributed by atoms with Crippen molar-refractivity contribution >= 4 is 21.9 Å². The largest absolute Gasteiger partial charge is 0.466 e. The fraction of sp³-hybridized carbons (Fsp3) is 0.923. The van der Waals surface area contributed by atoms with Gasteiger partial charge in [0, 0.05) is 11.2 Å². The standard InChI is InChI=1S/C13H25BrO2/c1-3-16-13(15)11-9-7-5-4-6-8-10-12(2)14/h12H,3-11H2,1-2H3. The fourth-order valence-electron chi connectivity index (χ4n) is 1.64. The third kappa shape index (κ3) is 12.0. The van der Waals surface area contributed by atoms with E-state index in [1.807, 2.05) is 6.92 Å². The maximum Gasteiger partial charge on any atom is 0.305 e. The van der Waals surface area contributed by atoms with E-state index in [-0.39, 0.29) is 5.97 Å². The van der Waals surface area contributed by atoms with Gasteiger partial charge in [0.25, 0.3) is 0 Å². The molecule has 0 aliphatic carbocycles. The van der Waals surface area contributed by atoms with Gasteiger partial charge in [-0.15, -0.1) is 0 Å². The van der Waals surface area contributed by atoms with Crippen LogP contribution in [0.15, 0.2) is 0 Å². The molecule has 0 aromatic rings. The first-order chi connectivity index (χ1) is 7.66. The number of halogens is 1.